The Morgan fingerprint density at radius 2 is 1.72 bits per heavy atom. The third-order valence-electron chi connectivity index (χ3n) is 5.59. The lowest BCUT2D eigenvalue weighted by molar-refractivity contribution is 0.0778. The zero-order chi connectivity index (χ0) is 23.0. The maximum Gasteiger partial charge on any atom is 0.261 e. The van der Waals surface area contributed by atoms with E-state index >= 15 is 0 Å². The highest BCUT2D eigenvalue weighted by atomic mass is 35.5. The van der Waals surface area contributed by atoms with Gasteiger partial charge in [0, 0.05) is 16.8 Å². The van der Waals surface area contributed by atoms with Crippen LogP contribution < -0.4 is 0 Å². The van der Waals surface area contributed by atoms with E-state index in [4.69, 9.17) is 11.6 Å². The molecule has 0 fully saturated rings. The van der Waals surface area contributed by atoms with Crippen LogP contribution in [0.4, 0.5) is 17.6 Å². The van der Waals surface area contributed by atoms with Crippen LogP contribution in [0.3, 0.4) is 0 Å². The van der Waals surface area contributed by atoms with Gasteiger partial charge in [0.2, 0.25) is 0 Å². The zero-order valence-electron chi connectivity index (χ0n) is 17.0. The minimum absolute atomic E-state index is 0.111. The molecular weight excluding hydrogens is 442 g/mol. The number of benzene rings is 3. The number of hydrogen-bond donors (Lipinski definition) is 0. The van der Waals surface area contributed by atoms with Crippen molar-refractivity contribution < 1.29 is 22.4 Å². The van der Waals surface area contributed by atoms with Gasteiger partial charge in [0.1, 0.15) is 11.6 Å². The molecule has 3 aromatic rings. The molecule has 32 heavy (non-hydrogen) atoms. The highest BCUT2D eigenvalue weighted by Gasteiger charge is 2.35. The molecule has 0 saturated heterocycles. The smallest absolute Gasteiger partial charge is 0.261 e. The van der Waals surface area contributed by atoms with E-state index in [1.165, 1.54) is 30.2 Å². The summed E-state index contributed by atoms with van der Waals surface area (Å²) in [5, 5.41) is 0.407. The molecule has 1 atom stereocenters. The van der Waals surface area contributed by atoms with Gasteiger partial charge in [-0.1, -0.05) is 48.9 Å². The van der Waals surface area contributed by atoms with Gasteiger partial charge in [-0.25, -0.2) is 17.6 Å². The van der Waals surface area contributed by atoms with Crippen molar-refractivity contribution in [3.63, 3.8) is 0 Å². The topological polar surface area (TPSA) is 20.3 Å². The summed E-state index contributed by atoms with van der Waals surface area (Å²) in [5.41, 5.74) is 0.953. The van der Waals surface area contributed by atoms with Crippen molar-refractivity contribution in [2.45, 2.75) is 25.8 Å². The molecule has 0 N–H and O–H groups in total. The molecule has 0 radical (unpaired) electrons. The molecule has 3 aromatic carbocycles. The molecule has 1 unspecified atom stereocenters. The summed E-state index contributed by atoms with van der Waals surface area (Å²) in [6.07, 6.45) is 1.74. The van der Waals surface area contributed by atoms with Crippen molar-refractivity contribution in [1.29, 1.82) is 0 Å². The van der Waals surface area contributed by atoms with Crippen LogP contribution in [-0.4, -0.2) is 10.8 Å². The Hall–Kier alpha value is -3.12. The minimum Gasteiger partial charge on any atom is -0.307 e. The Morgan fingerprint density at radius 1 is 1.03 bits per heavy atom. The summed E-state index contributed by atoms with van der Waals surface area (Å²) >= 11 is 6.37. The molecular formula is C25H18ClF4NO. The van der Waals surface area contributed by atoms with Crippen molar-refractivity contribution >= 4 is 23.1 Å². The summed E-state index contributed by atoms with van der Waals surface area (Å²) in [4.78, 5) is 14.6. The third-order valence-corrected chi connectivity index (χ3v) is 5.93. The van der Waals surface area contributed by atoms with Crippen molar-refractivity contribution in [2.75, 3.05) is 0 Å². The van der Waals surface area contributed by atoms with Crippen LogP contribution >= 0.6 is 11.6 Å². The van der Waals surface area contributed by atoms with Gasteiger partial charge >= 0.3 is 0 Å². The molecule has 0 saturated carbocycles. The van der Waals surface area contributed by atoms with Gasteiger partial charge in [-0.3, -0.25) is 4.79 Å². The van der Waals surface area contributed by atoms with E-state index in [0.29, 0.717) is 34.2 Å². The van der Waals surface area contributed by atoms with Gasteiger partial charge in [0.25, 0.3) is 5.91 Å². The van der Waals surface area contributed by atoms with E-state index in [0.717, 1.165) is 0 Å². The van der Waals surface area contributed by atoms with Crippen molar-refractivity contribution in [3.8, 4) is 0 Å². The number of halogens is 5. The van der Waals surface area contributed by atoms with Crippen LogP contribution in [0.1, 0.15) is 46.4 Å². The van der Waals surface area contributed by atoms with Crippen molar-refractivity contribution in [1.82, 2.24) is 4.90 Å². The van der Waals surface area contributed by atoms with Gasteiger partial charge in [-0.15, -0.1) is 0 Å². The maximum absolute atomic E-state index is 14.9. The van der Waals surface area contributed by atoms with Crippen LogP contribution in [0.2, 0.25) is 5.02 Å². The highest BCUT2D eigenvalue weighted by Crippen LogP contribution is 2.42. The molecule has 2 nitrogen and oxygen atoms in total. The second-order valence-electron chi connectivity index (χ2n) is 7.48. The molecule has 164 valence electrons. The Morgan fingerprint density at radius 3 is 2.38 bits per heavy atom. The summed E-state index contributed by atoms with van der Waals surface area (Å²) < 4.78 is 56.4. The molecule has 0 aromatic heterocycles. The number of carbonyl (C=O) groups is 1. The molecule has 1 amide bonds. The number of nitrogens with zero attached hydrogens (tertiary/aromatic N) is 1. The Balaban J connectivity index is 1.82. The Labute approximate surface area is 187 Å². The van der Waals surface area contributed by atoms with E-state index in [2.05, 4.69) is 0 Å². The number of hydrogen-bond acceptors (Lipinski definition) is 1. The van der Waals surface area contributed by atoms with Crippen LogP contribution in [0.25, 0.3) is 5.57 Å². The van der Waals surface area contributed by atoms with Gasteiger partial charge in [-0.2, -0.15) is 0 Å². The molecule has 1 aliphatic heterocycles. The van der Waals surface area contributed by atoms with Crippen LogP contribution in [0.15, 0.2) is 60.8 Å². The van der Waals surface area contributed by atoms with E-state index in [-0.39, 0.29) is 6.42 Å². The first-order valence-electron chi connectivity index (χ1n) is 10.0. The highest BCUT2D eigenvalue weighted by molar-refractivity contribution is 6.31. The third kappa shape index (κ3) is 3.91. The average Bonchev–Trinajstić information content (AvgIpc) is 3.22. The first-order valence-corrected chi connectivity index (χ1v) is 10.4. The van der Waals surface area contributed by atoms with E-state index in [9.17, 15) is 22.4 Å². The van der Waals surface area contributed by atoms with E-state index in [1.807, 2.05) is 0 Å². The Kier molecular flexibility index (Phi) is 6.07. The fourth-order valence-electron chi connectivity index (χ4n) is 3.94. The normalized spacial score (nSPS) is 15.8. The van der Waals surface area contributed by atoms with Gasteiger partial charge in [0.15, 0.2) is 11.6 Å². The minimum atomic E-state index is -1.30. The first kappa shape index (κ1) is 22.1. The standard InChI is InChI=1S/C25H18ClF4NO/c1-2-17-23(29)19(12-21(28)24(17)30)25(32)31-13-15(14-7-9-16(27)10-8-14)11-22(31)18-5-3-4-6-20(18)26/h3-10,12-13,22H,2,11H2,1H3. The summed E-state index contributed by atoms with van der Waals surface area (Å²) in [5.74, 6) is -4.90. The first-order chi connectivity index (χ1) is 15.3. The van der Waals surface area contributed by atoms with E-state index < -0.39 is 46.3 Å². The summed E-state index contributed by atoms with van der Waals surface area (Å²) in [7, 11) is 0. The lowest BCUT2D eigenvalue weighted by Gasteiger charge is -2.25. The van der Waals surface area contributed by atoms with Gasteiger partial charge < -0.3 is 4.90 Å². The number of amides is 1. The molecule has 4 rings (SSSR count). The lowest BCUT2D eigenvalue weighted by Crippen LogP contribution is -2.29. The quantitative estimate of drug-likeness (QED) is 0.301. The van der Waals surface area contributed by atoms with Crippen molar-refractivity contribution in [2.24, 2.45) is 0 Å². The molecule has 0 spiro atoms. The molecule has 1 aliphatic rings. The second kappa shape index (κ2) is 8.79. The van der Waals surface area contributed by atoms with Gasteiger partial charge in [0.05, 0.1) is 11.6 Å². The fourth-order valence-corrected chi connectivity index (χ4v) is 4.20. The monoisotopic (exact) mass is 459 g/mol. The second-order valence-corrected chi connectivity index (χ2v) is 7.89. The lowest BCUT2D eigenvalue weighted by atomic mass is 9.97. The van der Waals surface area contributed by atoms with E-state index in [1.54, 1.807) is 36.4 Å². The summed E-state index contributed by atoms with van der Waals surface area (Å²) in [6, 6.07) is 12.6. The number of carbonyl (C=O) groups excluding carboxylic acids is 1. The number of rotatable bonds is 4. The molecule has 1 heterocycles. The summed E-state index contributed by atoms with van der Waals surface area (Å²) in [6.45, 7) is 1.48. The zero-order valence-corrected chi connectivity index (χ0v) is 17.8. The van der Waals surface area contributed by atoms with Gasteiger partial charge in [-0.05, 0) is 53.8 Å². The molecule has 0 bridgehead atoms. The fraction of sp³-hybridized carbons (Fsp3) is 0.160. The maximum atomic E-state index is 14.9. The molecule has 7 heteroatoms. The van der Waals surface area contributed by atoms with Crippen molar-refractivity contribution in [3.05, 3.63) is 111 Å². The predicted molar refractivity (Wildman–Crippen MR) is 115 cm³/mol. The Bertz CT molecular complexity index is 1220. The molecule has 0 aliphatic carbocycles. The van der Waals surface area contributed by atoms with Crippen LogP contribution in [0, 0.1) is 23.3 Å². The van der Waals surface area contributed by atoms with Crippen LogP contribution in [0.5, 0.6) is 0 Å². The largest absolute Gasteiger partial charge is 0.307 e. The SMILES string of the molecule is CCc1c(F)c(F)cc(C(=O)N2C=C(c3ccc(F)cc3)CC2c2ccccc2Cl)c1F. The predicted octanol–water partition coefficient (Wildman–Crippen LogP) is 7.09. The average molecular weight is 460 g/mol. The van der Waals surface area contributed by atoms with Crippen LogP contribution in [-0.2, 0) is 6.42 Å².